The molecule has 0 unspecified atom stereocenters. The van der Waals surface area contributed by atoms with E-state index >= 15 is 0 Å². The van der Waals surface area contributed by atoms with Gasteiger partial charge in [0, 0.05) is 44.9 Å². The highest BCUT2D eigenvalue weighted by Gasteiger charge is 2.25. The van der Waals surface area contributed by atoms with Gasteiger partial charge in [0.15, 0.2) is 12.2 Å². The predicted molar refractivity (Wildman–Crippen MR) is 291 cm³/mol. The van der Waals surface area contributed by atoms with E-state index in [9.17, 15) is 33.6 Å². The zero-order valence-corrected chi connectivity index (χ0v) is 47.5. The van der Waals surface area contributed by atoms with Crippen LogP contribution in [0.3, 0.4) is 0 Å². The van der Waals surface area contributed by atoms with Crippen LogP contribution in [-0.2, 0) is 66.7 Å². The average molecular weight is 1070 g/mol. The second-order valence-electron chi connectivity index (χ2n) is 23.3. The summed E-state index contributed by atoms with van der Waals surface area (Å²) >= 11 is 0. The summed E-state index contributed by atoms with van der Waals surface area (Å²) in [5.41, 5.74) is 0. The number of hydrogen-bond acceptors (Lipinski definition) is 15. The SMILES string of the molecule is CN(C)CCCC(=O)OC(CCCC(=O)OC(COC(=O)CCCC1CCCCC1)COC(=O)CCCC1CCCCC1)CCCC(=O)OC(COC(=O)CCCC1CCCCC1)COC(=O)CCCC1CCCCC1. The summed E-state index contributed by atoms with van der Waals surface area (Å²) in [7, 11) is 3.86. The minimum absolute atomic E-state index is 0.0296. The Morgan fingerprint density at radius 1 is 0.329 bits per heavy atom. The van der Waals surface area contributed by atoms with E-state index in [0.717, 1.165) is 51.4 Å². The first-order chi connectivity index (χ1) is 36.9. The number of carbonyl (C=O) groups is 7. The molecule has 0 heterocycles. The zero-order chi connectivity index (χ0) is 54.4. The maximum absolute atomic E-state index is 13.3. The Morgan fingerprint density at radius 2 is 0.579 bits per heavy atom. The minimum Gasteiger partial charge on any atom is -0.462 e. The molecule has 0 amide bonds. The lowest BCUT2D eigenvalue weighted by atomic mass is 9.86. The van der Waals surface area contributed by atoms with Crippen LogP contribution in [0, 0.1) is 23.7 Å². The maximum atomic E-state index is 13.3. The fourth-order valence-electron chi connectivity index (χ4n) is 11.8. The Morgan fingerprint density at radius 3 is 0.855 bits per heavy atom. The van der Waals surface area contributed by atoms with Crippen molar-refractivity contribution in [2.45, 2.75) is 275 Å². The van der Waals surface area contributed by atoms with Crippen molar-refractivity contribution in [3.63, 3.8) is 0 Å². The molecular formula is C61H103NO14. The van der Waals surface area contributed by atoms with Crippen molar-refractivity contribution in [1.82, 2.24) is 4.90 Å². The third-order valence-electron chi connectivity index (χ3n) is 16.3. The molecule has 0 aromatic rings. The van der Waals surface area contributed by atoms with Crippen molar-refractivity contribution in [3.8, 4) is 0 Å². The molecule has 0 aromatic heterocycles. The molecule has 4 saturated carbocycles. The normalized spacial score (nSPS) is 17.2. The smallest absolute Gasteiger partial charge is 0.306 e. The molecule has 0 aromatic carbocycles. The first-order valence-electron chi connectivity index (χ1n) is 30.8. The molecule has 4 aliphatic carbocycles. The molecule has 0 saturated heterocycles. The fraction of sp³-hybridized carbons (Fsp3) is 0.885. The fourth-order valence-corrected chi connectivity index (χ4v) is 11.8. The van der Waals surface area contributed by atoms with Gasteiger partial charge < -0.3 is 38.1 Å². The Labute approximate surface area is 457 Å². The van der Waals surface area contributed by atoms with Gasteiger partial charge in [-0.1, -0.05) is 128 Å². The van der Waals surface area contributed by atoms with Crippen molar-refractivity contribution in [1.29, 1.82) is 0 Å². The van der Waals surface area contributed by atoms with Gasteiger partial charge in [0.05, 0.1) is 0 Å². The molecule has 15 heteroatoms. The number of carbonyl (C=O) groups excluding carboxylic acids is 7. The molecule has 436 valence electrons. The highest BCUT2D eigenvalue weighted by molar-refractivity contribution is 5.72. The molecule has 0 radical (unpaired) electrons. The van der Waals surface area contributed by atoms with Crippen molar-refractivity contribution < 1.29 is 66.7 Å². The van der Waals surface area contributed by atoms with Crippen LogP contribution in [0.1, 0.15) is 257 Å². The number of rotatable bonds is 39. The third kappa shape index (κ3) is 32.2. The zero-order valence-electron chi connectivity index (χ0n) is 47.5. The Kier molecular flexibility index (Phi) is 34.5. The van der Waals surface area contributed by atoms with Gasteiger partial charge in [-0.3, -0.25) is 33.6 Å². The summed E-state index contributed by atoms with van der Waals surface area (Å²) < 4.78 is 39.7. The van der Waals surface area contributed by atoms with E-state index < -0.39 is 30.3 Å². The number of hydrogen-bond donors (Lipinski definition) is 0. The molecule has 4 aliphatic rings. The van der Waals surface area contributed by atoms with Crippen LogP contribution in [0.25, 0.3) is 0 Å². The largest absolute Gasteiger partial charge is 0.462 e. The van der Waals surface area contributed by atoms with Gasteiger partial charge in [-0.05, 0) is 128 Å². The Hall–Kier alpha value is -3.75. The van der Waals surface area contributed by atoms with Gasteiger partial charge in [-0.15, -0.1) is 0 Å². The van der Waals surface area contributed by atoms with Crippen LogP contribution in [0.15, 0.2) is 0 Å². The second kappa shape index (κ2) is 40.4. The summed E-state index contributed by atoms with van der Waals surface area (Å²) in [6.45, 7) is -0.187. The highest BCUT2D eigenvalue weighted by atomic mass is 16.6. The van der Waals surface area contributed by atoms with Gasteiger partial charge in [0.1, 0.15) is 32.5 Å². The summed E-state index contributed by atoms with van der Waals surface area (Å²) in [4.78, 5) is 92.9. The number of esters is 7. The molecule has 0 spiro atoms. The van der Waals surface area contributed by atoms with Crippen LogP contribution in [0.2, 0.25) is 0 Å². The van der Waals surface area contributed by atoms with Crippen molar-refractivity contribution >= 4 is 41.8 Å². The molecule has 4 rings (SSSR count). The van der Waals surface area contributed by atoms with Gasteiger partial charge in [0.2, 0.25) is 0 Å². The van der Waals surface area contributed by atoms with Gasteiger partial charge in [-0.2, -0.15) is 0 Å². The summed E-state index contributed by atoms with van der Waals surface area (Å²) in [6.07, 6.45) is 32.1. The van der Waals surface area contributed by atoms with E-state index in [-0.39, 0.29) is 101 Å². The van der Waals surface area contributed by atoms with E-state index in [1.165, 1.54) is 128 Å². The van der Waals surface area contributed by atoms with E-state index in [4.69, 9.17) is 33.2 Å². The molecule has 0 atom stereocenters. The van der Waals surface area contributed by atoms with Crippen LogP contribution >= 0.6 is 0 Å². The second-order valence-corrected chi connectivity index (χ2v) is 23.3. The van der Waals surface area contributed by atoms with Crippen LogP contribution < -0.4 is 0 Å². The topological polar surface area (TPSA) is 187 Å². The molecule has 0 aliphatic heterocycles. The van der Waals surface area contributed by atoms with Crippen molar-refractivity contribution in [2.24, 2.45) is 23.7 Å². The molecular weight excluding hydrogens is 971 g/mol. The highest BCUT2D eigenvalue weighted by Crippen LogP contribution is 2.31. The van der Waals surface area contributed by atoms with E-state index in [2.05, 4.69) is 0 Å². The van der Waals surface area contributed by atoms with Crippen LogP contribution in [0.5, 0.6) is 0 Å². The average Bonchev–Trinajstić information content (AvgIpc) is 3.41. The molecule has 0 N–H and O–H groups in total. The van der Waals surface area contributed by atoms with E-state index in [1.54, 1.807) is 0 Å². The molecule has 76 heavy (non-hydrogen) atoms. The van der Waals surface area contributed by atoms with Crippen molar-refractivity contribution in [3.05, 3.63) is 0 Å². The quantitative estimate of drug-likeness (QED) is 0.0417. The molecule has 4 fully saturated rings. The molecule has 15 nitrogen and oxygen atoms in total. The lowest BCUT2D eigenvalue weighted by Gasteiger charge is -2.22. The monoisotopic (exact) mass is 1070 g/mol. The van der Waals surface area contributed by atoms with E-state index in [1.807, 2.05) is 19.0 Å². The standard InChI is InChI=1S/C61H103NO14/c1-62(2)43-21-42-61(69)74-52(34-19-40-59(67)75-53(44-70-55(63)36-15-30-48-22-7-3-8-23-48)45-71-56(64)37-16-31-49-24-9-4-10-25-49)35-20-41-60(68)76-54(46-72-57(65)38-17-32-50-26-11-5-12-27-50)47-73-58(66)39-18-33-51-28-13-6-14-29-51/h48-54H,3-47H2,1-2H3. The van der Waals surface area contributed by atoms with Gasteiger partial charge >= 0.3 is 41.8 Å². The number of ether oxygens (including phenoxy) is 7. The summed E-state index contributed by atoms with van der Waals surface area (Å²) in [5, 5.41) is 0. The third-order valence-corrected chi connectivity index (χ3v) is 16.3. The lowest BCUT2D eigenvalue weighted by Crippen LogP contribution is -2.31. The predicted octanol–water partition coefficient (Wildman–Crippen LogP) is 12.6. The lowest BCUT2D eigenvalue weighted by molar-refractivity contribution is -0.167. The first-order valence-corrected chi connectivity index (χ1v) is 30.8. The van der Waals surface area contributed by atoms with Crippen LogP contribution in [0.4, 0.5) is 0 Å². The number of nitrogens with zero attached hydrogens (tertiary/aromatic N) is 1. The maximum Gasteiger partial charge on any atom is 0.306 e. The van der Waals surface area contributed by atoms with Gasteiger partial charge in [0.25, 0.3) is 0 Å². The van der Waals surface area contributed by atoms with Crippen molar-refractivity contribution in [2.75, 3.05) is 47.1 Å². The Balaban J connectivity index is 1.26. The summed E-state index contributed by atoms with van der Waals surface area (Å²) in [6, 6.07) is 0. The van der Waals surface area contributed by atoms with E-state index in [0.29, 0.717) is 62.3 Å². The van der Waals surface area contributed by atoms with Gasteiger partial charge in [-0.25, -0.2) is 0 Å². The van der Waals surface area contributed by atoms with Crippen LogP contribution in [-0.4, -0.2) is 112 Å². The Bertz CT molecular complexity index is 1450. The minimum atomic E-state index is -0.971. The summed E-state index contributed by atoms with van der Waals surface area (Å²) in [5.74, 6) is -0.393. The molecule has 0 bridgehead atoms. The first kappa shape index (κ1) is 64.8.